The maximum atomic E-state index is 12.7. The third-order valence-electron chi connectivity index (χ3n) is 4.64. The van der Waals surface area contributed by atoms with Crippen LogP contribution < -0.4 is 5.32 Å². The van der Waals surface area contributed by atoms with Crippen molar-refractivity contribution in [2.75, 3.05) is 32.8 Å². The highest BCUT2D eigenvalue weighted by molar-refractivity contribution is 5.94. The molecule has 1 unspecified atom stereocenters. The number of carbonyl (C=O) groups is 1. The Kier molecular flexibility index (Phi) is 5.84. The molecule has 1 heterocycles. The highest BCUT2D eigenvalue weighted by atomic mass is 16.5. The number of aryl methyl sites for hydroxylation is 2. The average molecular weight is 338 g/mol. The number of nitrogens with zero attached hydrogens (tertiary/aromatic N) is 1. The van der Waals surface area contributed by atoms with Crippen molar-refractivity contribution in [2.45, 2.75) is 19.9 Å². The number of nitrogens with one attached hydrogen (secondary N) is 1. The van der Waals surface area contributed by atoms with Crippen LogP contribution in [0, 0.1) is 13.8 Å². The van der Waals surface area contributed by atoms with E-state index >= 15 is 0 Å². The van der Waals surface area contributed by atoms with Gasteiger partial charge in [-0.2, -0.15) is 0 Å². The molecule has 4 heteroatoms. The molecule has 1 aliphatic heterocycles. The molecule has 1 aliphatic rings. The third-order valence-corrected chi connectivity index (χ3v) is 4.64. The lowest BCUT2D eigenvalue weighted by atomic mass is 10.0. The van der Waals surface area contributed by atoms with Crippen molar-refractivity contribution in [1.82, 2.24) is 10.2 Å². The number of benzene rings is 2. The lowest BCUT2D eigenvalue weighted by Crippen LogP contribution is -2.43. The van der Waals surface area contributed by atoms with Crippen molar-refractivity contribution in [1.29, 1.82) is 0 Å². The maximum Gasteiger partial charge on any atom is 0.251 e. The van der Waals surface area contributed by atoms with E-state index in [0.29, 0.717) is 5.56 Å². The number of ether oxygens (including phenoxy) is 1. The van der Waals surface area contributed by atoms with E-state index < -0.39 is 0 Å². The zero-order valence-electron chi connectivity index (χ0n) is 15.0. The second-order valence-corrected chi connectivity index (χ2v) is 6.72. The normalized spacial score (nSPS) is 16.4. The SMILES string of the molecule is Cc1ccc(C(=O)NC(CN2CCOCC2)c2ccc(C)cc2)cc1. The molecule has 0 radical (unpaired) electrons. The van der Waals surface area contributed by atoms with Crippen LogP contribution in [0.2, 0.25) is 0 Å². The van der Waals surface area contributed by atoms with Crippen molar-refractivity contribution in [3.05, 3.63) is 70.8 Å². The molecular formula is C21H26N2O2. The van der Waals surface area contributed by atoms with Crippen LogP contribution in [0.1, 0.15) is 33.1 Å². The summed E-state index contributed by atoms with van der Waals surface area (Å²) in [6.45, 7) is 8.22. The smallest absolute Gasteiger partial charge is 0.251 e. The van der Waals surface area contributed by atoms with Gasteiger partial charge in [-0.3, -0.25) is 9.69 Å². The highest BCUT2D eigenvalue weighted by Crippen LogP contribution is 2.17. The summed E-state index contributed by atoms with van der Waals surface area (Å²) in [5.41, 5.74) is 4.21. The third kappa shape index (κ3) is 4.91. The molecule has 1 saturated heterocycles. The largest absolute Gasteiger partial charge is 0.379 e. The van der Waals surface area contributed by atoms with Gasteiger partial charge in [0.25, 0.3) is 5.91 Å². The second-order valence-electron chi connectivity index (χ2n) is 6.72. The van der Waals surface area contributed by atoms with E-state index in [1.54, 1.807) is 0 Å². The Labute approximate surface area is 149 Å². The monoisotopic (exact) mass is 338 g/mol. The Balaban J connectivity index is 1.76. The van der Waals surface area contributed by atoms with Crippen LogP contribution in [-0.4, -0.2) is 43.7 Å². The van der Waals surface area contributed by atoms with Gasteiger partial charge in [-0.1, -0.05) is 47.5 Å². The lowest BCUT2D eigenvalue weighted by Gasteiger charge is -2.31. The van der Waals surface area contributed by atoms with E-state index in [-0.39, 0.29) is 11.9 Å². The number of amides is 1. The maximum absolute atomic E-state index is 12.7. The first-order chi connectivity index (χ1) is 12.1. The van der Waals surface area contributed by atoms with Crippen molar-refractivity contribution < 1.29 is 9.53 Å². The highest BCUT2D eigenvalue weighted by Gasteiger charge is 2.20. The zero-order chi connectivity index (χ0) is 17.6. The molecule has 2 aromatic carbocycles. The van der Waals surface area contributed by atoms with Gasteiger partial charge in [-0.15, -0.1) is 0 Å². The molecule has 4 nitrogen and oxygen atoms in total. The molecule has 25 heavy (non-hydrogen) atoms. The molecule has 0 aromatic heterocycles. The summed E-state index contributed by atoms with van der Waals surface area (Å²) >= 11 is 0. The predicted octanol–water partition coefficient (Wildman–Crippen LogP) is 3.11. The molecule has 0 saturated carbocycles. The zero-order valence-corrected chi connectivity index (χ0v) is 15.0. The summed E-state index contributed by atoms with van der Waals surface area (Å²) in [6, 6.07) is 16.1. The van der Waals surface area contributed by atoms with Gasteiger partial charge in [0.1, 0.15) is 0 Å². The molecule has 1 amide bonds. The van der Waals surface area contributed by atoms with Crippen LogP contribution >= 0.6 is 0 Å². The first-order valence-electron chi connectivity index (χ1n) is 8.86. The van der Waals surface area contributed by atoms with Crippen LogP contribution in [-0.2, 0) is 4.74 Å². The van der Waals surface area contributed by atoms with E-state index in [0.717, 1.165) is 44.0 Å². The van der Waals surface area contributed by atoms with E-state index in [4.69, 9.17) is 4.74 Å². The van der Waals surface area contributed by atoms with Gasteiger partial charge < -0.3 is 10.1 Å². The number of morpholine rings is 1. The molecule has 132 valence electrons. The molecule has 1 atom stereocenters. The first-order valence-corrected chi connectivity index (χ1v) is 8.86. The topological polar surface area (TPSA) is 41.6 Å². The van der Waals surface area contributed by atoms with E-state index in [1.807, 2.05) is 31.2 Å². The van der Waals surface area contributed by atoms with Crippen molar-refractivity contribution >= 4 is 5.91 Å². The molecule has 0 spiro atoms. The quantitative estimate of drug-likeness (QED) is 0.911. The predicted molar refractivity (Wildman–Crippen MR) is 99.8 cm³/mol. The molecule has 1 fully saturated rings. The van der Waals surface area contributed by atoms with Gasteiger partial charge in [0.15, 0.2) is 0 Å². The lowest BCUT2D eigenvalue weighted by molar-refractivity contribution is 0.0332. The molecule has 0 aliphatic carbocycles. The van der Waals surface area contributed by atoms with Gasteiger partial charge >= 0.3 is 0 Å². The van der Waals surface area contributed by atoms with Crippen LogP contribution in [0.15, 0.2) is 48.5 Å². The van der Waals surface area contributed by atoms with E-state index in [1.165, 1.54) is 5.56 Å². The van der Waals surface area contributed by atoms with Gasteiger partial charge in [-0.05, 0) is 31.5 Å². The minimum atomic E-state index is -0.0347. The van der Waals surface area contributed by atoms with Crippen molar-refractivity contribution in [3.8, 4) is 0 Å². The van der Waals surface area contributed by atoms with E-state index in [2.05, 4.69) is 41.4 Å². The Bertz CT molecular complexity index is 689. The minimum absolute atomic E-state index is 0.0289. The Hall–Kier alpha value is -2.17. The number of carbonyl (C=O) groups excluding carboxylic acids is 1. The Morgan fingerprint density at radius 1 is 1.00 bits per heavy atom. The van der Waals surface area contributed by atoms with Crippen LogP contribution in [0.3, 0.4) is 0 Å². The van der Waals surface area contributed by atoms with Gasteiger partial charge in [-0.25, -0.2) is 0 Å². The fraction of sp³-hybridized carbons (Fsp3) is 0.381. The Morgan fingerprint density at radius 2 is 1.56 bits per heavy atom. The van der Waals surface area contributed by atoms with Gasteiger partial charge in [0.2, 0.25) is 0 Å². The molecular weight excluding hydrogens is 312 g/mol. The van der Waals surface area contributed by atoms with Crippen LogP contribution in [0.4, 0.5) is 0 Å². The summed E-state index contributed by atoms with van der Waals surface area (Å²) in [7, 11) is 0. The number of rotatable bonds is 5. The molecule has 1 N–H and O–H groups in total. The molecule has 2 aromatic rings. The van der Waals surface area contributed by atoms with Crippen molar-refractivity contribution in [2.24, 2.45) is 0 Å². The van der Waals surface area contributed by atoms with Crippen molar-refractivity contribution in [3.63, 3.8) is 0 Å². The molecule has 3 rings (SSSR count). The van der Waals surface area contributed by atoms with E-state index in [9.17, 15) is 4.79 Å². The number of hydrogen-bond donors (Lipinski definition) is 1. The Morgan fingerprint density at radius 3 is 2.16 bits per heavy atom. The fourth-order valence-electron chi connectivity index (χ4n) is 3.02. The standard InChI is InChI=1S/C21H26N2O2/c1-16-3-7-18(8-4-16)20(15-23-11-13-25-14-12-23)22-21(24)19-9-5-17(2)6-10-19/h3-10,20H,11-15H2,1-2H3,(H,22,24). The average Bonchev–Trinajstić information content (AvgIpc) is 2.63. The van der Waals surface area contributed by atoms with Gasteiger partial charge in [0, 0.05) is 25.2 Å². The van der Waals surface area contributed by atoms with Crippen LogP contribution in [0.5, 0.6) is 0 Å². The number of hydrogen-bond acceptors (Lipinski definition) is 3. The van der Waals surface area contributed by atoms with Crippen LogP contribution in [0.25, 0.3) is 0 Å². The van der Waals surface area contributed by atoms with Gasteiger partial charge in [0.05, 0.1) is 19.3 Å². The fourth-order valence-corrected chi connectivity index (χ4v) is 3.02. The minimum Gasteiger partial charge on any atom is -0.379 e. The summed E-state index contributed by atoms with van der Waals surface area (Å²) in [5.74, 6) is -0.0289. The summed E-state index contributed by atoms with van der Waals surface area (Å²) in [6.07, 6.45) is 0. The summed E-state index contributed by atoms with van der Waals surface area (Å²) in [5, 5.41) is 3.21. The second kappa shape index (κ2) is 8.28. The summed E-state index contributed by atoms with van der Waals surface area (Å²) < 4.78 is 5.44. The molecule has 0 bridgehead atoms. The summed E-state index contributed by atoms with van der Waals surface area (Å²) in [4.78, 5) is 15.0. The first kappa shape index (κ1) is 17.6.